The number of piperidine rings is 2. The van der Waals surface area contributed by atoms with Gasteiger partial charge >= 0.3 is 0 Å². The Kier molecular flexibility index (Phi) is 4.80. The summed E-state index contributed by atoms with van der Waals surface area (Å²) in [5, 5.41) is 6.36. The second-order valence-electron chi connectivity index (χ2n) is 5.36. The fraction of sp³-hybridized carbons (Fsp3) is 0.923. The lowest BCUT2D eigenvalue weighted by molar-refractivity contribution is -0.126. The van der Waals surface area contributed by atoms with Gasteiger partial charge in [-0.1, -0.05) is 6.42 Å². The van der Waals surface area contributed by atoms with Gasteiger partial charge in [-0.05, 0) is 38.8 Å². The Morgan fingerprint density at radius 3 is 2.94 bits per heavy atom. The van der Waals surface area contributed by atoms with E-state index in [-0.39, 0.29) is 11.8 Å². The highest BCUT2D eigenvalue weighted by molar-refractivity contribution is 5.78. The SMILES string of the molecule is CNC(=O)C1CCCN(CC2CCCCN2)C1. The first-order valence-electron chi connectivity index (χ1n) is 6.97. The molecule has 0 radical (unpaired) electrons. The van der Waals surface area contributed by atoms with Gasteiger partial charge in [0.15, 0.2) is 0 Å². The van der Waals surface area contributed by atoms with Gasteiger partial charge in [-0.2, -0.15) is 0 Å². The fourth-order valence-corrected chi connectivity index (χ4v) is 3.03. The average Bonchev–Trinajstić information content (AvgIpc) is 2.39. The molecular weight excluding hydrogens is 214 g/mol. The van der Waals surface area contributed by atoms with Gasteiger partial charge in [-0.3, -0.25) is 4.79 Å². The van der Waals surface area contributed by atoms with E-state index in [0.717, 1.165) is 39.0 Å². The molecule has 98 valence electrons. The summed E-state index contributed by atoms with van der Waals surface area (Å²) in [6, 6.07) is 0.646. The highest BCUT2D eigenvalue weighted by atomic mass is 16.1. The van der Waals surface area contributed by atoms with Crippen LogP contribution in [0.15, 0.2) is 0 Å². The summed E-state index contributed by atoms with van der Waals surface area (Å²) in [7, 11) is 1.74. The van der Waals surface area contributed by atoms with Crippen LogP contribution in [-0.2, 0) is 4.79 Å². The van der Waals surface area contributed by atoms with E-state index in [4.69, 9.17) is 0 Å². The monoisotopic (exact) mass is 239 g/mol. The highest BCUT2D eigenvalue weighted by Gasteiger charge is 2.26. The van der Waals surface area contributed by atoms with Crippen molar-refractivity contribution >= 4 is 5.91 Å². The number of carbonyl (C=O) groups is 1. The number of nitrogens with one attached hydrogen (secondary N) is 2. The number of hydrogen-bond acceptors (Lipinski definition) is 3. The minimum Gasteiger partial charge on any atom is -0.359 e. The van der Waals surface area contributed by atoms with Gasteiger partial charge in [-0.15, -0.1) is 0 Å². The molecule has 2 fully saturated rings. The van der Waals surface area contributed by atoms with Crippen molar-refractivity contribution in [1.82, 2.24) is 15.5 Å². The fourth-order valence-electron chi connectivity index (χ4n) is 3.03. The Hall–Kier alpha value is -0.610. The zero-order chi connectivity index (χ0) is 12.1. The molecule has 1 amide bonds. The van der Waals surface area contributed by atoms with Gasteiger partial charge < -0.3 is 15.5 Å². The molecule has 0 spiro atoms. The summed E-state index contributed by atoms with van der Waals surface area (Å²) in [6.07, 6.45) is 6.17. The lowest BCUT2D eigenvalue weighted by Crippen LogP contribution is -2.48. The number of likely N-dealkylation sites (tertiary alicyclic amines) is 1. The van der Waals surface area contributed by atoms with Crippen molar-refractivity contribution in [2.75, 3.05) is 33.2 Å². The molecule has 0 aliphatic carbocycles. The zero-order valence-corrected chi connectivity index (χ0v) is 10.9. The van der Waals surface area contributed by atoms with Crippen molar-refractivity contribution in [2.45, 2.75) is 38.1 Å². The Labute approximate surface area is 104 Å². The predicted molar refractivity (Wildman–Crippen MR) is 68.9 cm³/mol. The van der Waals surface area contributed by atoms with E-state index >= 15 is 0 Å². The van der Waals surface area contributed by atoms with Crippen molar-refractivity contribution in [3.63, 3.8) is 0 Å². The molecule has 4 heteroatoms. The molecule has 0 aromatic heterocycles. The summed E-state index contributed by atoms with van der Waals surface area (Å²) in [6.45, 7) is 4.38. The quantitative estimate of drug-likeness (QED) is 0.757. The first kappa shape index (κ1) is 12.8. The summed E-state index contributed by atoms with van der Waals surface area (Å²) in [5.41, 5.74) is 0. The van der Waals surface area contributed by atoms with Gasteiger partial charge in [0.25, 0.3) is 0 Å². The van der Waals surface area contributed by atoms with E-state index in [1.807, 2.05) is 0 Å². The maximum absolute atomic E-state index is 11.7. The molecule has 2 aliphatic heterocycles. The topological polar surface area (TPSA) is 44.4 Å². The molecule has 0 aromatic rings. The molecule has 0 saturated carbocycles. The van der Waals surface area contributed by atoms with E-state index in [1.54, 1.807) is 7.05 Å². The smallest absolute Gasteiger partial charge is 0.224 e. The maximum atomic E-state index is 11.7. The van der Waals surface area contributed by atoms with Gasteiger partial charge in [-0.25, -0.2) is 0 Å². The lowest BCUT2D eigenvalue weighted by atomic mass is 9.96. The summed E-state index contributed by atoms with van der Waals surface area (Å²) >= 11 is 0. The number of hydrogen-bond donors (Lipinski definition) is 2. The zero-order valence-electron chi connectivity index (χ0n) is 10.9. The van der Waals surface area contributed by atoms with Crippen LogP contribution < -0.4 is 10.6 Å². The van der Waals surface area contributed by atoms with Crippen LogP contribution in [0.3, 0.4) is 0 Å². The van der Waals surface area contributed by atoms with Crippen molar-refractivity contribution in [2.24, 2.45) is 5.92 Å². The van der Waals surface area contributed by atoms with Crippen LogP contribution >= 0.6 is 0 Å². The van der Waals surface area contributed by atoms with Crippen molar-refractivity contribution in [3.8, 4) is 0 Å². The van der Waals surface area contributed by atoms with Crippen LogP contribution in [0, 0.1) is 5.92 Å². The Morgan fingerprint density at radius 2 is 2.24 bits per heavy atom. The normalized spacial score (nSPS) is 31.1. The van der Waals surface area contributed by atoms with E-state index in [9.17, 15) is 4.79 Å². The molecular formula is C13H25N3O. The first-order chi connectivity index (χ1) is 8.29. The summed E-state index contributed by atoms with van der Waals surface area (Å²) < 4.78 is 0. The Balaban J connectivity index is 1.78. The third-order valence-corrected chi connectivity index (χ3v) is 4.01. The van der Waals surface area contributed by atoms with Crippen LogP contribution in [-0.4, -0.2) is 50.1 Å². The van der Waals surface area contributed by atoms with E-state index in [1.165, 1.54) is 19.3 Å². The standard InChI is InChI=1S/C13H25N3O/c1-14-13(17)11-5-4-8-16(9-11)10-12-6-2-3-7-15-12/h11-12,15H,2-10H2,1H3,(H,14,17). The van der Waals surface area contributed by atoms with E-state index in [0.29, 0.717) is 6.04 Å². The van der Waals surface area contributed by atoms with Crippen LogP contribution in [0.5, 0.6) is 0 Å². The number of rotatable bonds is 3. The third-order valence-electron chi connectivity index (χ3n) is 4.01. The molecule has 2 saturated heterocycles. The molecule has 0 bridgehead atoms. The van der Waals surface area contributed by atoms with Crippen molar-refractivity contribution < 1.29 is 4.79 Å². The highest BCUT2D eigenvalue weighted by Crippen LogP contribution is 2.18. The van der Waals surface area contributed by atoms with Gasteiger partial charge in [0.05, 0.1) is 5.92 Å². The van der Waals surface area contributed by atoms with Crippen LogP contribution in [0.1, 0.15) is 32.1 Å². The third kappa shape index (κ3) is 3.68. The first-order valence-corrected chi connectivity index (χ1v) is 6.97. The summed E-state index contributed by atoms with van der Waals surface area (Å²) in [4.78, 5) is 14.1. The molecule has 2 heterocycles. The number of carbonyl (C=O) groups excluding carboxylic acids is 1. The molecule has 2 atom stereocenters. The van der Waals surface area contributed by atoms with E-state index < -0.39 is 0 Å². The predicted octanol–water partition coefficient (Wildman–Crippen LogP) is 0.587. The van der Waals surface area contributed by atoms with Crippen LogP contribution in [0.2, 0.25) is 0 Å². The minimum absolute atomic E-state index is 0.206. The summed E-state index contributed by atoms with van der Waals surface area (Å²) in [5.74, 6) is 0.420. The van der Waals surface area contributed by atoms with Crippen molar-refractivity contribution in [1.29, 1.82) is 0 Å². The van der Waals surface area contributed by atoms with Gasteiger partial charge in [0, 0.05) is 26.2 Å². The molecule has 2 N–H and O–H groups in total. The minimum atomic E-state index is 0.206. The maximum Gasteiger partial charge on any atom is 0.224 e. The number of amides is 1. The molecule has 0 aromatic carbocycles. The molecule has 2 aliphatic rings. The second kappa shape index (κ2) is 6.36. The van der Waals surface area contributed by atoms with Crippen molar-refractivity contribution in [3.05, 3.63) is 0 Å². The number of nitrogens with zero attached hydrogens (tertiary/aromatic N) is 1. The van der Waals surface area contributed by atoms with Crippen LogP contribution in [0.25, 0.3) is 0 Å². The molecule has 2 unspecified atom stereocenters. The van der Waals surface area contributed by atoms with Gasteiger partial charge in [0.1, 0.15) is 0 Å². The second-order valence-corrected chi connectivity index (χ2v) is 5.36. The molecule has 4 nitrogen and oxygen atoms in total. The van der Waals surface area contributed by atoms with Gasteiger partial charge in [0.2, 0.25) is 5.91 Å². The lowest BCUT2D eigenvalue weighted by Gasteiger charge is -2.35. The van der Waals surface area contributed by atoms with E-state index in [2.05, 4.69) is 15.5 Å². The van der Waals surface area contributed by atoms with Crippen LogP contribution in [0.4, 0.5) is 0 Å². The molecule has 17 heavy (non-hydrogen) atoms. The average molecular weight is 239 g/mol. The Morgan fingerprint density at radius 1 is 1.35 bits per heavy atom. The Bertz CT molecular complexity index is 251. The molecule has 2 rings (SSSR count). The largest absolute Gasteiger partial charge is 0.359 e.